The van der Waals surface area contributed by atoms with Gasteiger partial charge in [-0.15, -0.1) is 0 Å². The standard InChI is InChI=1S/C30H33F3N4O3/c1-29(2,3)40-28(39)35-15-13-21(14-16-35)26-24(17-34-37(26)23-11-9-22(31)10-12-23)27(38)36-18-25(30(32,33)19-36)20-7-5-4-6-8-20/h4-12,17,21,25H,13-16,18-19H2,1-3H3. The Bertz CT molecular complexity index is 1360. The summed E-state index contributed by atoms with van der Waals surface area (Å²) < 4.78 is 51.0. The van der Waals surface area contributed by atoms with Gasteiger partial charge < -0.3 is 14.5 Å². The van der Waals surface area contributed by atoms with E-state index < -0.39 is 41.8 Å². The van der Waals surface area contributed by atoms with Crippen LogP contribution in [0.3, 0.4) is 0 Å². The molecule has 2 saturated heterocycles. The molecule has 3 heterocycles. The molecule has 2 amide bonds. The molecule has 3 aromatic rings. The van der Waals surface area contributed by atoms with E-state index in [1.807, 2.05) is 0 Å². The zero-order valence-electron chi connectivity index (χ0n) is 22.8. The monoisotopic (exact) mass is 554 g/mol. The Morgan fingerprint density at radius 1 is 0.975 bits per heavy atom. The lowest BCUT2D eigenvalue weighted by Crippen LogP contribution is -2.41. The van der Waals surface area contributed by atoms with Gasteiger partial charge >= 0.3 is 6.09 Å². The van der Waals surface area contributed by atoms with Crippen molar-refractivity contribution in [2.45, 2.75) is 57.0 Å². The summed E-state index contributed by atoms with van der Waals surface area (Å²) in [5.74, 6) is -5.30. The van der Waals surface area contributed by atoms with Crippen molar-refractivity contribution in [2.24, 2.45) is 0 Å². The number of nitrogens with zero attached hydrogens (tertiary/aromatic N) is 4. The Hall–Kier alpha value is -3.82. The molecule has 1 aromatic heterocycles. The van der Waals surface area contributed by atoms with Crippen LogP contribution in [0.2, 0.25) is 0 Å². The van der Waals surface area contributed by atoms with Gasteiger partial charge in [-0.2, -0.15) is 5.10 Å². The first-order chi connectivity index (χ1) is 18.9. The number of halogens is 3. The van der Waals surface area contributed by atoms with Crippen LogP contribution in [0, 0.1) is 5.82 Å². The van der Waals surface area contributed by atoms with Crippen molar-refractivity contribution in [1.82, 2.24) is 19.6 Å². The molecule has 2 fully saturated rings. The summed E-state index contributed by atoms with van der Waals surface area (Å²) in [5.41, 5.74) is 1.24. The zero-order chi connectivity index (χ0) is 28.7. The third-order valence-corrected chi connectivity index (χ3v) is 7.44. The molecule has 2 aliphatic heterocycles. The van der Waals surface area contributed by atoms with Crippen LogP contribution in [0.25, 0.3) is 5.69 Å². The fourth-order valence-electron chi connectivity index (χ4n) is 5.51. The van der Waals surface area contributed by atoms with Crippen LogP contribution < -0.4 is 0 Å². The van der Waals surface area contributed by atoms with E-state index in [1.165, 1.54) is 23.2 Å². The largest absolute Gasteiger partial charge is 0.444 e. The van der Waals surface area contributed by atoms with Crippen LogP contribution >= 0.6 is 0 Å². The highest BCUT2D eigenvalue weighted by atomic mass is 19.3. The molecule has 0 radical (unpaired) electrons. The fraction of sp³-hybridized carbons (Fsp3) is 0.433. The normalized spacial score (nSPS) is 19.6. The van der Waals surface area contributed by atoms with Crippen LogP contribution in [0.4, 0.5) is 18.0 Å². The molecule has 0 saturated carbocycles. The summed E-state index contributed by atoms with van der Waals surface area (Å²) in [4.78, 5) is 29.2. The molecule has 0 N–H and O–H groups in total. The topological polar surface area (TPSA) is 67.7 Å². The van der Waals surface area contributed by atoms with Gasteiger partial charge in [0.25, 0.3) is 11.8 Å². The minimum Gasteiger partial charge on any atom is -0.444 e. The Balaban J connectivity index is 1.43. The second kappa shape index (κ2) is 10.6. The van der Waals surface area contributed by atoms with Crippen molar-refractivity contribution < 1.29 is 27.5 Å². The minimum atomic E-state index is -3.08. The summed E-state index contributed by atoms with van der Waals surface area (Å²) in [5, 5.41) is 4.45. The Kier molecular flexibility index (Phi) is 7.37. The number of piperidine rings is 1. The van der Waals surface area contributed by atoms with E-state index in [4.69, 9.17) is 4.74 Å². The second-order valence-corrected chi connectivity index (χ2v) is 11.5. The van der Waals surface area contributed by atoms with Crippen LogP contribution in [0.15, 0.2) is 60.8 Å². The maximum Gasteiger partial charge on any atom is 0.410 e. The maximum absolute atomic E-state index is 15.1. The second-order valence-electron chi connectivity index (χ2n) is 11.5. The highest BCUT2D eigenvalue weighted by Crippen LogP contribution is 2.41. The van der Waals surface area contributed by atoms with Crippen LogP contribution in [0.5, 0.6) is 0 Å². The third-order valence-electron chi connectivity index (χ3n) is 7.44. The van der Waals surface area contributed by atoms with Crippen molar-refractivity contribution in [3.8, 4) is 5.69 Å². The number of alkyl halides is 2. The van der Waals surface area contributed by atoms with Crippen molar-refractivity contribution >= 4 is 12.0 Å². The van der Waals surface area contributed by atoms with Crippen molar-refractivity contribution in [3.05, 3.63) is 83.4 Å². The summed E-state index contributed by atoms with van der Waals surface area (Å²) in [6.45, 7) is 5.42. The van der Waals surface area contributed by atoms with Crippen LogP contribution in [0.1, 0.15) is 67.1 Å². The molecule has 2 aromatic carbocycles. The lowest BCUT2D eigenvalue weighted by molar-refractivity contribution is -0.00244. The summed E-state index contributed by atoms with van der Waals surface area (Å²) in [6.07, 6.45) is 2.06. The summed E-state index contributed by atoms with van der Waals surface area (Å²) in [7, 11) is 0. The molecule has 1 atom stereocenters. The van der Waals surface area contributed by atoms with Gasteiger partial charge in [0.05, 0.1) is 35.6 Å². The fourth-order valence-corrected chi connectivity index (χ4v) is 5.51. The number of rotatable bonds is 4. The Morgan fingerprint density at radius 2 is 1.62 bits per heavy atom. The first kappa shape index (κ1) is 27.7. The van der Waals surface area contributed by atoms with E-state index in [9.17, 15) is 14.0 Å². The van der Waals surface area contributed by atoms with Gasteiger partial charge in [0.2, 0.25) is 0 Å². The molecule has 10 heteroatoms. The number of hydrogen-bond acceptors (Lipinski definition) is 4. The molecular weight excluding hydrogens is 521 g/mol. The summed E-state index contributed by atoms with van der Waals surface area (Å²) in [6, 6.07) is 14.2. The first-order valence-corrected chi connectivity index (χ1v) is 13.5. The van der Waals surface area contributed by atoms with Crippen LogP contribution in [-0.4, -0.2) is 69.3 Å². The van der Waals surface area contributed by atoms with E-state index >= 15 is 8.78 Å². The molecular formula is C30H33F3N4O3. The molecule has 0 aliphatic carbocycles. The lowest BCUT2D eigenvalue weighted by atomic mass is 9.90. The number of likely N-dealkylation sites (tertiary alicyclic amines) is 2. The van der Waals surface area contributed by atoms with Gasteiger partial charge in [0.1, 0.15) is 11.4 Å². The highest BCUT2D eigenvalue weighted by molar-refractivity contribution is 5.96. The van der Waals surface area contributed by atoms with E-state index in [2.05, 4.69) is 5.10 Å². The number of hydrogen-bond donors (Lipinski definition) is 0. The number of amides is 2. The number of benzene rings is 2. The third kappa shape index (κ3) is 5.71. The van der Waals surface area contributed by atoms with Crippen molar-refractivity contribution in [2.75, 3.05) is 26.2 Å². The molecule has 7 nitrogen and oxygen atoms in total. The molecule has 212 valence electrons. The SMILES string of the molecule is CC(C)(C)OC(=O)N1CCC(c2c(C(=O)N3CC(c4ccccc4)C(F)(F)C3)cnn2-c2ccc(F)cc2)CC1. The van der Waals surface area contributed by atoms with Gasteiger partial charge in [0, 0.05) is 25.6 Å². The molecule has 1 unspecified atom stereocenters. The van der Waals surface area contributed by atoms with E-state index in [0.29, 0.717) is 42.9 Å². The van der Waals surface area contributed by atoms with Gasteiger partial charge in [-0.05, 0) is 63.4 Å². The average Bonchev–Trinajstić information content (AvgIpc) is 3.49. The van der Waals surface area contributed by atoms with Gasteiger partial charge in [0.15, 0.2) is 0 Å². The Labute approximate surface area is 231 Å². The van der Waals surface area contributed by atoms with E-state index in [-0.39, 0.29) is 18.0 Å². The van der Waals surface area contributed by atoms with E-state index in [1.54, 1.807) is 72.8 Å². The Morgan fingerprint density at radius 3 is 2.25 bits per heavy atom. The number of carbonyl (C=O) groups excluding carboxylic acids is 2. The highest BCUT2D eigenvalue weighted by Gasteiger charge is 2.50. The number of ether oxygens (including phenoxy) is 1. The van der Waals surface area contributed by atoms with Gasteiger partial charge in [-0.25, -0.2) is 22.6 Å². The average molecular weight is 555 g/mol. The predicted octanol–water partition coefficient (Wildman–Crippen LogP) is 6.00. The molecule has 0 bridgehead atoms. The number of carbonyl (C=O) groups is 2. The lowest BCUT2D eigenvalue weighted by Gasteiger charge is -2.34. The van der Waals surface area contributed by atoms with Crippen LogP contribution in [-0.2, 0) is 4.74 Å². The number of aromatic nitrogens is 2. The minimum absolute atomic E-state index is 0.117. The first-order valence-electron chi connectivity index (χ1n) is 13.5. The maximum atomic E-state index is 15.1. The zero-order valence-corrected chi connectivity index (χ0v) is 22.8. The van der Waals surface area contributed by atoms with Gasteiger partial charge in [-0.3, -0.25) is 4.79 Å². The van der Waals surface area contributed by atoms with Crippen molar-refractivity contribution in [3.63, 3.8) is 0 Å². The molecule has 0 spiro atoms. The molecule has 5 rings (SSSR count). The van der Waals surface area contributed by atoms with Gasteiger partial charge in [-0.1, -0.05) is 30.3 Å². The molecule has 2 aliphatic rings. The summed E-state index contributed by atoms with van der Waals surface area (Å²) >= 11 is 0. The predicted molar refractivity (Wildman–Crippen MR) is 143 cm³/mol. The molecule has 40 heavy (non-hydrogen) atoms. The smallest absolute Gasteiger partial charge is 0.410 e. The van der Waals surface area contributed by atoms with Crippen molar-refractivity contribution in [1.29, 1.82) is 0 Å². The quantitative estimate of drug-likeness (QED) is 0.397. The van der Waals surface area contributed by atoms with E-state index in [0.717, 1.165) is 0 Å².